The summed E-state index contributed by atoms with van der Waals surface area (Å²) in [5, 5.41) is 0.566. The van der Waals surface area contributed by atoms with E-state index in [1.165, 1.54) is 29.7 Å². The van der Waals surface area contributed by atoms with Gasteiger partial charge in [-0.1, -0.05) is 6.07 Å². The first-order chi connectivity index (χ1) is 13.1. The van der Waals surface area contributed by atoms with E-state index in [-0.39, 0.29) is 5.69 Å². The van der Waals surface area contributed by atoms with Crippen LogP contribution in [0.2, 0.25) is 0 Å². The molecule has 3 heterocycles. The van der Waals surface area contributed by atoms with Gasteiger partial charge in [-0.25, -0.2) is 22.8 Å². The first-order valence-corrected chi connectivity index (χ1v) is 10.8. The van der Waals surface area contributed by atoms with E-state index in [2.05, 4.69) is 15.0 Å². The van der Waals surface area contributed by atoms with Crippen molar-refractivity contribution < 1.29 is 17.6 Å². The average molecular weight is 420 g/mol. The highest BCUT2D eigenvalue weighted by atomic mass is 32.2. The van der Waals surface area contributed by atoms with Gasteiger partial charge < -0.3 is 0 Å². The van der Waals surface area contributed by atoms with Gasteiger partial charge in [0.2, 0.25) is 0 Å². The van der Waals surface area contributed by atoms with E-state index in [1.54, 1.807) is 39.1 Å². The molecule has 0 radical (unpaired) electrons. The lowest BCUT2D eigenvalue weighted by Crippen LogP contribution is -2.33. The molecule has 0 saturated heterocycles. The van der Waals surface area contributed by atoms with Crippen molar-refractivity contribution in [3.63, 3.8) is 0 Å². The zero-order valence-corrected chi connectivity index (χ0v) is 17.1. The van der Waals surface area contributed by atoms with E-state index in [9.17, 15) is 17.6 Å². The van der Waals surface area contributed by atoms with Crippen molar-refractivity contribution in [2.24, 2.45) is 0 Å². The molecule has 3 aromatic heterocycles. The molecule has 0 unspecified atom stereocenters. The molecule has 146 valence electrons. The van der Waals surface area contributed by atoms with E-state index in [0.717, 1.165) is 6.20 Å². The molecule has 0 aliphatic carbocycles. The fraction of sp³-hybridized carbons (Fsp3) is 0.263. The number of rotatable bonds is 5. The molecule has 9 heteroatoms. The number of sulfone groups is 1. The number of pyridine rings is 2. The summed E-state index contributed by atoms with van der Waals surface area (Å²) < 4.78 is 36.9. The smallest absolute Gasteiger partial charge is 0.196 e. The monoisotopic (exact) mass is 419 g/mol. The van der Waals surface area contributed by atoms with Crippen LogP contribution in [0.15, 0.2) is 42.9 Å². The van der Waals surface area contributed by atoms with Crippen LogP contribution < -0.4 is 0 Å². The fourth-order valence-electron chi connectivity index (χ4n) is 2.25. The minimum Gasteiger partial charge on any atom is -0.291 e. The topological polar surface area (TPSA) is 89.9 Å². The molecule has 0 bridgehead atoms. The van der Waals surface area contributed by atoms with Gasteiger partial charge in [0.1, 0.15) is 22.3 Å². The Morgan fingerprint density at radius 1 is 1.18 bits per heavy atom. The SMILES string of the molecule is CC(C)(C)S(=O)(=O)CC(=O)c1cccc(-c2cnc(-c3cncc(F)c3)s2)n1. The molecule has 0 aliphatic heterocycles. The van der Waals surface area contributed by atoms with Crippen molar-refractivity contribution in [1.82, 2.24) is 15.0 Å². The molecule has 0 spiro atoms. The summed E-state index contributed by atoms with van der Waals surface area (Å²) in [7, 11) is -3.60. The number of nitrogens with zero attached hydrogens (tertiary/aromatic N) is 3. The molecule has 6 nitrogen and oxygen atoms in total. The predicted octanol–water partition coefficient (Wildman–Crippen LogP) is 3.80. The van der Waals surface area contributed by atoms with Crippen molar-refractivity contribution >= 4 is 27.0 Å². The van der Waals surface area contributed by atoms with Crippen molar-refractivity contribution in [2.45, 2.75) is 25.5 Å². The van der Waals surface area contributed by atoms with Gasteiger partial charge in [-0.05, 0) is 39.0 Å². The first kappa shape index (κ1) is 20.2. The maximum absolute atomic E-state index is 13.4. The summed E-state index contributed by atoms with van der Waals surface area (Å²) in [4.78, 5) is 25.5. The second-order valence-corrected chi connectivity index (χ2v) is 10.9. The molecule has 0 fully saturated rings. The lowest BCUT2D eigenvalue weighted by atomic mass is 10.2. The Morgan fingerprint density at radius 2 is 1.93 bits per heavy atom. The molecule has 28 heavy (non-hydrogen) atoms. The summed E-state index contributed by atoms with van der Waals surface area (Å²) in [6.07, 6.45) is 4.20. The Labute approximate surface area is 166 Å². The van der Waals surface area contributed by atoms with Crippen molar-refractivity contribution in [3.8, 4) is 21.1 Å². The Bertz CT molecular complexity index is 1140. The standard InChI is InChI=1S/C19H18FN3O3S2/c1-19(2,3)28(25,26)11-16(24)14-5-4-6-15(23-14)17-10-22-18(27-17)12-7-13(20)9-21-8-12/h4-10H,11H2,1-3H3. The molecule has 0 saturated carbocycles. The summed E-state index contributed by atoms with van der Waals surface area (Å²) >= 11 is 1.28. The molecular formula is C19H18FN3O3S2. The molecule has 3 rings (SSSR count). The van der Waals surface area contributed by atoms with Crippen LogP contribution in [-0.2, 0) is 9.84 Å². The minimum atomic E-state index is -3.60. The van der Waals surface area contributed by atoms with E-state index in [4.69, 9.17) is 0 Å². The van der Waals surface area contributed by atoms with Crippen LogP contribution in [0, 0.1) is 5.82 Å². The molecule has 0 amide bonds. The van der Waals surface area contributed by atoms with Crippen LogP contribution in [-0.4, -0.2) is 39.7 Å². The summed E-state index contributed by atoms with van der Waals surface area (Å²) in [5.41, 5.74) is 1.11. The van der Waals surface area contributed by atoms with Gasteiger partial charge in [-0.15, -0.1) is 11.3 Å². The maximum Gasteiger partial charge on any atom is 0.196 e. The minimum absolute atomic E-state index is 0.0766. The largest absolute Gasteiger partial charge is 0.291 e. The van der Waals surface area contributed by atoms with Gasteiger partial charge in [0, 0.05) is 18.0 Å². The number of thiazole rings is 1. The molecule has 3 aromatic rings. The van der Waals surface area contributed by atoms with Crippen molar-refractivity contribution in [2.75, 3.05) is 5.75 Å². The third-order valence-electron chi connectivity index (χ3n) is 4.00. The van der Waals surface area contributed by atoms with Gasteiger partial charge in [0.15, 0.2) is 15.6 Å². The number of carbonyl (C=O) groups excluding carboxylic acids is 1. The number of hydrogen-bond donors (Lipinski definition) is 0. The zero-order valence-electron chi connectivity index (χ0n) is 15.5. The third-order valence-corrected chi connectivity index (χ3v) is 7.58. The highest BCUT2D eigenvalue weighted by molar-refractivity contribution is 7.93. The average Bonchev–Trinajstić information content (AvgIpc) is 3.11. The van der Waals surface area contributed by atoms with Crippen LogP contribution >= 0.6 is 11.3 Å². The molecule has 0 N–H and O–H groups in total. The van der Waals surface area contributed by atoms with Gasteiger partial charge in [0.25, 0.3) is 0 Å². The molecule has 0 aromatic carbocycles. The van der Waals surface area contributed by atoms with Crippen LogP contribution in [0.1, 0.15) is 31.3 Å². The van der Waals surface area contributed by atoms with E-state index in [1.807, 2.05) is 0 Å². The van der Waals surface area contributed by atoms with E-state index in [0.29, 0.717) is 21.1 Å². The summed E-state index contributed by atoms with van der Waals surface area (Å²) in [5.74, 6) is -1.62. The number of carbonyl (C=O) groups is 1. The lowest BCUT2D eigenvalue weighted by Gasteiger charge is -2.18. The van der Waals surface area contributed by atoms with Crippen LogP contribution in [0.3, 0.4) is 0 Å². The molecular weight excluding hydrogens is 401 g/mol. The Kier molecular flexibility index (Phi) is 5.40. The van der Waals surface area contributed by atoms with Gasteiger partial charge >= 0.3 is 0 Å². The third kappa shape index (κ3) is 4.31. The highest BCUT2D eigenvalue weighted by Gasteiger charge is 2.32. The maximum atomic E-state index is 13.4. The van der Waals surface area contributed by atoms with Crippen molar-refractivity contribution in [1.29, 1.82) is 0 Å². The number of Topliss-reactive ketones (excluding diaryl/α,β-unsaturated/α-hetero) is 1. The highest BCUT2D eigenvalue weighted by Crippen LogP contribution is 2.31. The normalized spacial score (nSPS) is 12.1. The van der Waals surface area contributed by atoms with E-state index < -0.39 is 31.9 Å². The molecule has 0 atom stereocenters. The second-order valence-electron chi connectivity index (χ2n) is 7.12. The van der Waals surface area contributed by atoms with Crippen LogP contribution in [0.5, 0.6) is 0 Å². The number of halogens is 1. The summed E-state index contributed by atoms with van der Waals surface area (Å²) in [6.45, 7) is 4.67. The molecule has 0 aliphatic rings. The van der Waals surface area contributed by atoms with Crippen molar-refractivity contribution in [3.05, 3.63) is 54.4 Å². The predicted molar refractivity (Wildman–Crippen MR) is 106 cm³/mol. The van der Waals surface area contributed by atoms with Gasteiger partial charge in [-0.2, -0.15) is 0 Å². The van der Waals surface area contributed by atoms with E-state index >= 15 is 0 Å². The first-order valence-electron chi connectivity index (χ1n) is 8.36. The number of aromatic nitrogens is 3. The fourth-order valence-corrected chi connectivity index (χ4v) is 4.04. The number of ketones is 1. The summed E-state index contributed by atoms with van der Waals surface area (Å²) in [6, 6.07) is 6.17. The second kappa shape index (κ2) is 7.48. The zero-order chi connectivity index (χ0) is 20.5. The Hall–Kier alpha value is -2.52. The van der Waals surface area contributed by atoms with Gasteiger partial charge in [0.05, 0.1) is 21.5 Å². The Balaban J connectivity index is 1.87. The lowest BCUT2D eigenvalue weighted by molar-refractivity contribution is 0.101. The Morgan fingerprint density at radius 3 is 2.61 bits per heavy atom. The van der Waals surface area contributed by atoms with Gasteiger partial charge in [-0.3, -0.25) is 9.78 Å². The quantitative estimate of drug-likeness (QED) is 0.584. The number of hydrogen-bond acceptors (Lipinski definition) is 7. The van der Waals surface area contributed by atoms with Crippen LogP contribution in [0.4, 0.5) is 4.39 Å². The van der Waals surface area contributed by atoms with Crippen LogP contribution in [0.25, 0.3) is 21.1 Å².